The number of benzene rings is 1. The molecule has 138 valence electrons. The Labute approximate surface area is 159 Å². The van der Waals surface area contributed by atoms with Gasteiger partial charge in [-0.15, -0.1) is 24.8 Å². The minimum Gasteiger partial charge on any atom is -0.494 e. The largest absolute Gasteiger partial charge is 0.494 e. The fourth-order valence-corrected chi connectivity index (χ4v) is 3.61. The number of rotatable bonds is 6. The summed E-state index contributed by atoms with van der Waals surface area (Å²) in [6.45, 7) is 10.3. The summed E-state index contributed by atoms with van der Waals surface area (Å²) in [7, 11) is 0. The van der Waals surface area contributed by atoms with Gasteiger partial charge in [0, 0.05) is 19.6 Å². The first-order valence-electron chi connectivity index (χ1n) is 9.04. The Bertz CT molecular complexity index is 478. The molecule has 5 heteroatoms. The molecule has 0 aliphatic carbocycles. The van der Waals surface area contributed by atoms with Gasteiger partial charge in [0.05, 0.1) is 6.61 Å². The van der Waals surface area contributed by atoms with E-state index in [1.165, 1.54) is 56.6 Å². The summed E-state index contributed by atoms with van der Waals surface area (Å²) in [6.07, 6.45) is 6.47. The van der Waals surface area contributed by atoms with E-state index in [2.05, 4.69) is 34.9 Å². The first kappa shape index (κ1) is 21.6. The molecule has 0 unspecified atom stereocenters. The standard InChI is InChI=1S/C19H30N2O.2ClH/c1-2-20-13-9-17-15-19(8-7-18(17)16-20)22-14-6-12-21-10-4-3-5-11-21;;/h7-8,15H,2-6,9-14,16H2,1H3;2*1H. The Morgan fingerprint density at radius 1 is 0.958 bits per heavy atom. The Morgan fingerprint density at radius 3 is 2.50 bits per heavy atom. The summed E-state index contributed by atoms with van der Waals surface area (Å²) in [6, 6.07) is 6.68. The molecule has 2 heterocycles. The number of nitrogens with zero attached hydrogens (tertiary/aromatic N) is 2. The number of likely N-dealkylation sites (N-methyl/N-ethyl adjacent to an activating group) is 1. The lowest BCUT2D eigenvalue weighted by Crippen LogP contribution is -2.31. The molecule has 1 saturated heterocycles. The molecular formula is C19H32Cl2N2O. The van der Waals surface area contributed by atoms with E-state index < -0.39 is 0 Å². The normalized spacial score (nSPS) is 18.2. The van der Waals surface area contributed by atoms with Crippen molar-refractivity contribution in [3.63, 3.8) is 0 Å². The van der Waals surface area contributed by atoms with Crippen molar-refractivity contribution in [1.29, 1.82) is 0 Å². The van der Waals surface area contributed by atoms with E-state index in [4.69, 9.17) is 4.74 Å². The van der Waals surface area contributed by atoms with Crippen LogP contribution in [0.3, 0.4) is 0 Å². The number of piperidine rings is 1. The maximum atomic E-state index is 5.98. The van der Waals surface area contributed by atoms with Crippen molar-refractivity contribution < 1.29 is 4.74 Å². The van der Waals surface area contributed by atoms with E-state index in [1.807, 2.05) is 0 Å². The van der Waals surface area contributed by atoms with Crippen LogP contribution in [0.25, 0.3) is 0 Å². The number of ether oxygens (including phenoxy) is 1. The Kier molecular flexibility index (Phi) is 10.1. The minimum absolute atomic E-state index is 0. The van der Waals surface area contributed by atoms with E-state index in [-0.39, 0.29) is 24.8 Å². The predicted octanol–water partition coefficient (Wildman–Crippen LogP) is 4.16. The lowest BCUT2D eigenvalue weighted by Gasteiger charge is -2.28. The monoisotopic (exact) mass is 374 g/mol. The summed E-state index contributed by atoms with van der Waals surface area (Å²) >= 11 is 0. The molecule has 2 aliphatic rings. The Hall–Kier alpha value is -0.480. The van der Waals surface area contributed by atoms with E-state index in [1.54, 1.807) is 0 Å². The molecule has 0 aromatic heterocycles. The van der Waals surface area contributed by atoms with Gasteiger partial charge < -0.3 is 9.64 Å². The van der Waals surface area contributed by atoms with Crippen molar-refractivity contribution >= 4 is 24.8 Å². The second-order valence-electron chi connectivity index (χ2n) is 6.65. The van der Waals surface area contributed by atoms with Crippen LogP contribution in [0.1, 0.15) is 43.7 Å². The highest BCUT2D eigenvalue weighted by Crippen LogP contribution is 2.23. The molecule has 0 spiro atoms. The average Bonchev–Trinajstić information content (AvgIpc) is 2.59. The van der Waals surface area contributed by atoms with Gasteiger partial charge in [0.2, 0.25) is 0 Å². The van der Waals surface area contributed by atoms with Gasteiger partial charge in [-0.1, -0.05) is 19.4 Å². The zero-order valence-corrected chi connectivity index (χ0v) is 16.5. The van der Waals surface area contributed by atoms with Crippen LogP contribution in [0.2, 0.25) is 0 Å². The molecule has 2 aliphatic heterocycles. The van der Waals surface area contributed by atoms with Crippen LogP contribution in [0.15, 0.2) is 18.2 Å². The maximum Gasteiger partial charge on any atom is 0.119 e. The molecule has 0 bridgehead atoms. The molecule has 1 fully saturated rings. The summed E-state index contributed by atoms with van der Waals surface area (Å²) in [5.74, 6) is 1.06. The van der Waals surface area contributed by atoms with Crippen LogP contribution in [0.4, 0.5) is 0 Å². The zero-order chi connectivity index (χ0) is 15.2. The summed E-state index contributed by atoms with van der Waals surface area (Å²) < 4.78 is 5.98. The third-order valence-corrected chi connectivity index (χ3v) is 5.05. The quantitative estimate of drug-likeness (QED) is 0.695. The van der Waals surface area contributed by atoms with Crippen LogP contribution in [-0.2, 0) is 13.0 Å². The third-order valence-electron chi connectivity index (χ3n) is 5.05. The van der Waals surface area contributed by atoms with Gasteiger partial charge in [0.15, 0.2) is 0 Å². The highest BCUT2D eigenvalue weighted by molar-refractivity contribution is 5.85. The van der Waals surface area contributed by atoms with Crippen molar-refractivity contribution in [3.8, 4) is 5.75 Å². The third kappa shape index (κ3) is 6.11. The maximum absolute atomic E-state index is 5.98. The van der Waals surface area contributed by atoms with Gasteiger partial charge in [-0.25, -0.2) is 0 Å². The topological polar surface area (TPSA) is 15.7 Å². The van der Waals surface area contributed by atoms with E-state index >= 15 is 0 Å². The first-order valence-corrected chi connectivity index (χ1v) is 9.04. The van der Waals surface area contributed by atoms with E-state index in [9.17, 15) is 0 Å². The van der Waals surface area contributed by atoms with Gasteiger partial charge >= 0.3 is 0 Å². The molecule has 0 N–H and O–H groups in total. The van der Waals surface area contributed by atoms with Gasteiger partial charge in [0.1, 0.15) is 5.75 Å². The fraction of sp³-hybridized carbons (Fsp3) is 0.684. The molecule has 0 radical (unpaired) electrons. The average molecular weight is 375 g/mol. The molecule has 0 saturated carbocycles. The summed E-state index contributed by atoms with van der Waals surface area (Å²) in [5, 5.41) is 0. The first-order chi connectivity index (χ1) is 10.8. The van der Waals surface area contributed by atoms with Crippen molar-refractivity contribution in [3.05, 3.63) is 29.3 Å². The predicted molar refractivity (Wildman–Crippen MR) is 106 cm³/mol. The zero-order valence-electron chi connectivity index (χ0n) is 14.8. The number of hydrogen-bond donors (Lipinski definition) is 0. The number of hydrogen-bond acceptors (Lipinski definition) is 3. The van der Waals surface area contributed by atoms with Crippen LogP contribution in [-0.4, -0.2) is 49.1 Å². The number of halogens is 2. The lowest BCUT2D eigenvalue weighted by molar-refractivity contribution is 0.204. The van der Waals surface area contributed by atoms with E-state index in [0.717, 1.165) is 38.3 Å². The van der Waals surface area contributed by atoms with Crippen LogP contribution < -0.4 is 4.74 Å². The SMILES string of the molecule is CCN1CCc2cc(OCCCN3CCCCC3)ccc2C1.Cl.Cl. The Balaban J connectivity index is 0.00000144. The molecule has 24 heavy (non-hydrogen) atoms. The second-order valence-corrected chi connectivity index (χ2v) is 6.65. The highest BCUT2D eigenvalue weighted by atomic mass is 35.5. The van der Waals surface area contributed by atoms with Gasteiger partial charge in [-0.05, 0) is 68.6 Å². The molecular weight excluding hydrogens is 343 g/mol. The van der Waals surface area contributed by atoms with Crippen molar-refractivity contribution in [2.75, 3.05) is 39.3 Å². The van der Waals surface area contributed by atoms with Crippen molar-refractivity contribution in [2.45, 2.75) is 45.6 Å². The van der Waals surface area contributed by atoms with Gasteiger partial charge in [0.25, 0.3) is 0 Å². The molecule has 1 aromatic carbocycles. The summed E-state index contributed by atoms with van der Waals surface area (Å²) in [4.78, 5) is 5.08. The van der Waals surface area contributed by atoms with Crippen molar-refractivity contribution in [1.82, 2.24) is 9.80 Å². The van der Waals surface area contributed by atoms with Crippen LogP contribution in [0.5, 0.6) is 5.75 Å². The molecule has 3 rings (SSSR count). The van der Waals surface area contributed by atoms with Crippen LogP contribution >= 0.6 is 24.8 Å². The molecule has 0 amide bonds. The minimum atomic E-state index is 0. The summed E-state index contributed by atoms with van der Waals surface area (Å²) in [5.41, 5.74) is 2.96. The van der Waals surface area contributed by atoms with E-state index in [0.29, 0.717) is 0 Å². The smallest absolute Gasteiger partial charge is 0.119 e. The lowest BCUT2D eigenvalue weighted by atomic mass is 9.99. The fourth-order valence-electron chi connectivity index (χ4n) is 3.61. The Morgan fingerprint density at radius 2 is 1.75 bits per heavy atom. The van der Waals surface area contributed by atoms with Crippen LogP contribution in [0, 0.1) is 0 Å². The highest BCUT2D eigenvalue weighted by Gasteiger charge is 2.15. The number of fused-ring (bicyclic) bond motifs is 1. The second kappa shape index (κ2) is 11.2. The number of likely N-dealkylation sites (tertiary alicyclic amines) is 1. The molecule has 1 aromatic rings. The van der Waals surface area contributed by atoms with Gasteiger partial charge in [-0.3, -0.25) is 4.90 Å². The molecule has 3 nitrogen and oxygen atoms in total. The van der Waals surface area contributed by atoms with Crippen molar-refractivity contribution in [2.24, 2.45) is 0 Å². The van der Waals surface area contributed by atoms with Gasteiger partial charge in [-0.2, -0.15) is 0 Å². The molecule has 0 atom stereocenters.